The predicted octanol–water partition coefficient (Wildman–Crippen LogP) is 14.5. The molecule has 0 N–H and O–H groups in total. The molecule has 9 aromatic carbocycles. The fourth-order valence-corrected chi connectivity index (χ4v) is 9.56. The van der Waals surface area contributed by atoms with Gasteiger partial charge in [0, 0.05) is 38.6 Å². The standard InChI is InChI=1S/C64H33N9/c65-34-40-9-7-15-46(25-40)55-31-50(64-71-59(44-11-3-1-4-12-44)33-60(72-64)45-13-5-2-6-14-45)32-56(47-16-8-10-41(26-47)35-66)63(55)73-61-23-19-48(53-21-17-42(36-67)27-51(53)38-69)29-57(61)58-30-49(20-24-62(58)73)54-22-18-43(37-68)28-52(54)39-70/h1-33H. The summed E-state index contributed by atoms with van der Waals surface area (Å²) in [5, 5.41) is 62.4. The van der Waals surface area contributed by atoms with Gasteiger partial charge in [-0.1, -0.05) is 109 Å². The zero-order valence-electron chi connectivity index (χ0n) is 38.6. The molecule has 0 aliphatic rings. The van der Waals surface area contributed by atoms with Crippen LogP contribution in [-0.4, -0.2) is 14.5 Å². The zero-order chi connectivity index (χ0) is 50.0. The van der Waals surface area contributed by atoms with Crippen molar-refractivity contribution in [2.24, 2.45) is 0 Å². The highest BCUT2D eigenvalue weighted by Gasteiger charge is 2.25. The molecule has 0 saturated heterocycles. The van der Waals surface area contributed by atoms with Gasteiger partial charge in [0.15, 0.2) is 5.82 Å². The molecule has 2 aromatic heterocycles. The quantitative estimate of drug-likeness (QED) is 0.145. The molecule has 11 aromatic rings. The van der Waals surface area contributed by atoms with Gasteiger partial charge in [-0.05, 0) is 124 Å². The van der Waals surface area contributed by atoms with Crippen molar-refractivity contribution in [2.75, 3.05) is 0 Å². The lowest BCUT2D eigenvalue weighted by Gasteiger charge is -2.21. The number of hydrogen-bond acceptors (Lipinski definition) is 8. The summed E-state index contributed by atoms with van der Waals surface area (Å²) in [7, 11) is 0. The lowest BCUT2D eigenvalue weighted by atomic mass is 9.91. The van der Waals surface area contributed by atoms with E-state index in [0.29, 0.717) is 55.9 Å². The maximum Gasteiger partial charge on any atom is 0.160 e. The molecule has 334 valence electrons. The molecule has 0 aliphatic heterocycles. The van der Waals surface area contributed by atoms with Gasteiger partial charge in [-0.25, -0.2) is 9.97 Å². The first kappa shape index (κ1) is 44.3. The Kier molecular flexibility index (Phi) is 11.4. The third-order valence-corrected chi connectivity index (χ3v) is 13.0. The minimum absolute atomic E-state index is 0.350. The highest BCUT2D eigenvalue weighted by Crippen LogP contribution is 2.46. The van der Waals surface area contributed by atoms with E-state index < -0.39 is 0 Å². The van der Waals surface area contributed by atoms with Crippen LogP contribution in [-0.2, 0) is 0 Å². The molecule has 9 nitrogen and oxygen atoms in total. The Hall–Kier alpha value is -11.2. The average molecular weight is 928 g/mol. The first-order valence-corrected chi connectivity index (χ1v) is 23.1. The Morgan fingerprint density at radius 2 is 0.712 bits per heavy atom. The van der Waals surface area contributed by atoms with Crippen LogP contribution < -0.4 is 0 Å². The van der Waals surface area contributed by atoms with Crippen molar-refractivity contribution in [3.05, 3.63) is 234 Å². The summed E-state index contributed by atoms with van der Waals surface area (Å²) in [6, 6.07) is 76.7. The average Bonchev–Trinajstić information content (AvgIpc) is 3.79. The Morgan fingerprint density at radius 1 is 0.301 bits per heavy atom. The fourth-order valence-electron chi connectivity index (χ4n) is 9.56. The summed E-state index contributed by atoms with van der Waals surface area (Å²) in [5.74, 6) is 0.463. The van der Waals surface area contributed by atoms with E-state index in [9.17, 15) is 31.6 Å². The van der Waals surface area contributed by atoms with Crippen LogP contribution in [0, 0.1) is 68.0 Å². The Balaban J connectivity index is 1.28. The largest absolute Gasteiger partial charge is 0.308 e. The molecule has 11 rings (SSSR count). The minimum atomic E-state index is 0.350. The third kappa shape index (κ3) is 8.13. The maximum atomic E-state index is 10.3. The van der Waals surface area contributed by atoms with Crippen LogP contribution in [0.15, 0.2) is 200 Å². The Bertz CT molecular complexity index is 4070. The highest BCUT2D eigenvalue weighted by molar-refractivity contribution is 6.13. The molecule has 2 heterocycles. The van der Waals surface area contributed by atoms with Crippen molar-refractivity contribution in [2.45, 2.75) is 0 Å². The van der Waals surface area contributed by atoms with Crippen LogP contribution in [0.4, 0.5) is 0 Å². The third-order valence-electron chi connectivity index (χ3n) is 13.0. The van der Waals surface area contributed by atoms with Gasteiger partial charge in [0.2, 0.25) is 0 Å². The van der Waals surface area contributed by atoms with E-state index in [4.69, 9.17) is 9.97 Å². The normalized spacial score (nSPS) is 10.7. The summed E-state index contributed by atoms with van der Waals surface area (Å²) in [6.07, 6.45) is 0. The van der Waals surface area contributed by atoms with Gasteiger partial charge < -0.3 is 4.57 Å². The zero-order valence-corrected chi connectivity index (χ0v) is 38.6. The van der Waals surface area contributed by atoms with Gasteiger partial charge in [0.1, 0.15) is 0 Å². The van der Waals surface area contributed by atoms with Gasteiger partial charge in [-0.3, -0.25) is 0 Å². The van der Waals surface area contributed by atoms with Crippen molar-refractivity contribution in [3.63, 3.8) is 0 Å². The Morgan fingerprint density at radius 3 is 1.14 bits per heavy atom. The molecule has 0 amide bonds. The molecule has 0 aliphatic carbocycles. The number of fused-ring (bicyclic) bond motifs is 3. The van der Waals surface area contributed by atoms with Gasteiger partial charge in [0.25, 0.3) is 0 Å². The number of nitrogens with zero attached hydrogens (tertiary/aromatic N) is 9. The van der Waals surface area contributed by atoms with Crippen LogP contribution in [0.1, 0.15) is 33.4 Å². The van der Waals surface area contributed by atoms with E-state index in [0.717, 1.165) is 83.4 Å². The van der Waals surface area contributed by atoms with Crippen LogP contribution in [0.25, 0.3) is 106 Å². The lowest BCUT2D eigenvalue weighted by molar-refractivity contribution is 1.17. The SMILES string of the molecule is N#Cc1cccc(-c2cc(-c3nc(-c4ccccc4)cc(-c4ccccc4)n3)cc(-c3cccc(C#N)c3)c2-n2c3ccc(-c4ccc(C#N)cc4C#N)cc3c3cc(-c4ccc(C#N)cc4C#N)ccc32)c1. The molecule has 0 atom stereocenters. The first-order chi connectivity index (χ1) is 35.9. The second kappa shape index (κ2) is 18.7. The van der Waals surface area contributed by atoms with Crippen molar-refractivity contribution < 1.29 is 0 Å². The summed E-state index contributed by atoms with van der Waals surface area (Å²) in [5.41, 5.74) is 14.4. The van der Waals surface area contributed by atoms with Crippen molar-refractivity contribution >= 4 is 21.8 Å². The predicted molar refractivity (Wildman–Crippen MR) is 283 cm³/mol. The van der Waals surface area contributed by atoms with Gasteiger partial charge in [-0.15, -0.1) is 0 Å². The van der Waals surface area contributed by atoms with Crippen molar-refractivity contribution in [3.8, 4) is 121 Å². The van der Waals surface area contributed by atoms with E-state index in [1.807, 2.05) is 140 Å². The number of hydrogen-bond donors (Lipinski definition) is 0. The molecule has 0 saturated carbocycles. The summed E-state index contributed by atoms with van der Waals surface area (Å²) in [4.78, 5) is 10.5. The van der Waals surface area contributed by atoms with E-state index in [1.54, 1.807) is 48.5 Å². The molecule has 0 radical (unpaired) electrons. The molecule has 0 spiro atoms. The summed E-state index contributed by atoms with van der Waals surface area (Å²) >= 11 is 0. The molecule has 0 bridgehead atoms. The highest BCUT2D eigenvalue weighted by atomic mass is 15.0. The van der Waals surface area contributed by atoms with Gasteiger partial charge >= 0.3 is 0 Å². The number of aromatic nitrogens is 3. The van der Waals surface area contributed by atoms with Gasteiger partial charge in [0.05, 0.1) is 97.9 Å². The molecular formula is C64H33N9. The molecular weight excluding hydrogens is 895 g/mol. The number of nitriles is 6. The summed E-state index contributed by atoms with van der Waals surface area (Å²) < 4.78 is 2.19. The van der Waals surface area contributed by atoms with Crippen molar-refractivity contribution in [1.82, 2.24) is 14.5 Å². The van der Waals surface area contributed by atoms with Gasteiger partial charge in [-0.2, -0.15) is 31.6 Å². The minimum Gasteiger partial charge on any atom is -0.308 e. The van der Waals surface area contributed by atoms with Crippen molar-refractivity contribution in [1.29, 1.82) is 31.6 Å². The van der Waals surface area contributed by atoms with E-state index in [-0.39, 0.29) is 0 Å². The van der Waals surface area contributed by atoms with Crippen LogP contribution >= 0.6 is 0 Å². The molecule has 0 fully saturated rings. The maximum absolute atomic E-state index is 10.3. The second-order valence-electron chi connectivity index (χ2n) is 17.3. The number of benzene rings is 9. The summed E-state index contributed by atoms with van der Waals surface area (Å²) in [6.45, 7) is 0. The first-order valence-electron chi connectivity index (χ1n) is 23.1. The smallest absolute Gasteiger partial charge is 0.160 e. The number of rotatable bonds is 8. The molecule has 9 heteroatoms. The Labute approximate surface area is 420 Å². The molecule has 0 unspecified atom stereocenters. The van der Waals surface area contributed by atoms with Crippen LogP contribution in [0.5, 0.6) is 0 Å². The monoisotopic (exact) mass is 927 g/mol. The van der Waals surface area contributed by atoms with Crippen LogP contribution in [0.2, 0.25) is 0 Å². The lowest BCUT2D eigenvalue weighted by Crippen LogP contribution is -2.03. The second-order valence-corrected chi connectivity index (χ2v) is 17.3. The fraction of sp³-hybridized carbons (Fsp3) is 0. The van der Waals surface area contributed by atoms with E-state index in [1.165, 1.54) is 0 Å². The van der Waals surface area contributed by atoms with E-state index >= 15 is 0 Å². The van der Waals surface area contributed by atoms with Crippen LogP contribution in [0.3, 0.4) is 0 Å². The molecule has 73 heavy (non-hydrogen) atoms. The topological polar surface area (TPSA) is 173 Å². The van der Waals surface area contributed by atoms with E-state index in [2.05, 4.69) is 53.1 Å².